The highest BCUT2D eigenvalue weighted by Crippen LogP contribution is 2.43. The molecule has 326 valence electrons. The lowest BCUT2D eigenvalue weighted by Gasteiger charge is -2.20. The molecule has 0 saturated heterocycles. The zero-order valence-electron chi connectivity index (χ0n) is 36.1. The van der Waals surface area contributed by atoms with Gasteiger partial charge in [-0.05, 0) is 45.6 Å². The minimum Gasteiger partial charge on any atom is -0.462 e. The summed E-state index contributed by atoms with van der Waals surface area (Å²) in [5, 5.41) is 2.83. The van der Waals surface area contributed by atoms with E-state index in [1.54, 1.807) is 7.05 Å². The molecule has 10 heteroatoms. The Morgan fingerprint density at radius 1 is 0.545 bits per heavy atom. The lowest BCUT2D eigenvalue weighted by molar-refractivity contribution is -0.161. The van der Waals surface area contributed by atoms with Crippen molar-refractivity contribution in [2.75, 3.05) is 33.4 Å². The largest absolute Gasteiger partial charge is 0.472 e. The van der Waals surface area contributed by atoms with Crippen LogP contribution in [0.4, 0.5) is 0 Å². The van der Waals surface area contributed by atoms with E-state index in [1.165, 1.54) is 161 Å². The first-order valence-corrected chi connectivity index (χ1v) is 24.6. The Kier molecular flexibility index (Phi) is 41.4. The van der Waals surface area contributed by atoms with Gasteiger partial charge in [-0.3, -0.25) is 18.6 Å². The van der Waals surface area contributed by atoms with Crippen LogP contribution in [0.5, 0.6) is 0 Å². The number of phosphoric ester groups is 1. The Morgan fingerprint density at radius 2 is 0.927 bits per heavy atom. The summed E-state index contributed by atoms with van der Waals surface area (Å²) in [4.78, 5) is 35.1. The Morgan fingerprint density at radius 3 is 1.35 bits per heavy atom. The lowest BCUT2D eigenvalue weighted by atomic mass is 10.0. The first kappa shape index (κ1) is 53.8. The summed E-state index contributed by atoms with van der Waals surface area (Å²) in [7, 11) is -2.64. The molecule has 0 bridgehead atoms. The van der Waals surface area contributed by atoms with Crippen molar-refractivity contribution in [2.24, 2.45) is 0 Å². The van der Waals surface area contributed by atoms with Crippen LogP contribution < -0.4 is 5.32 Å². The van der Waals surface area contributed by atoms with Crippen molar-refractivity contribution in [2.45, 2.75) is 232 Å². The van der Waals surface area contributed by atoms with E-state index in [2.05, 4.69) is 31.3 Å². The number of rotatable bonds is 44. The standard InChI is InChI=1S/C45H88NO8P/c1-4-6-8-10-12-14-16-18-19-20-21-22-23-24-25-26-28-30-32-34-36-38-45(48)54-43(42-53-55(49,50)52-40-39-46-3)41-51-44(47)37-35-33-31-29-27-17-15-13-11-9-7-5-2/h18-19,43,46H,4-17,20-42H2,1-3H3,(H,49,50)/b19-18-. The van der Waals surface area contributed by atoms with Crippen molar-refractivity contribution in [3.63, 3.8) is 0 Å². The number of phosphoric acid groups is 1. The van der Waals surface area contributed by atoms with Crippen LogP contribution in [-0.2, 0) is 32.7 Å². The van der Waals surface area contributed by atoms with E-state index in [9.17, 15) is 19.0 Å². The molecule has 0 rings (SSSR count). The molecule has 0 aromatic carbocycles. The zero-order valence-corrected chi connectivity index (χ0v) is 37.0. The van der Waals surface area contributed by atoms with Crippen LogP contribution in [0.25, 0.3) is 0 Å². The molecular weight excluding hydrogens is 713 g/mol. The topological polar surface area (TPSA) is 120 Å². The van der Waals surface area contributed by atoms with Crippen LogP contribution in [0.2, 0.25) is 0 Å². The molecule has 0 spiro atoms. The number of unbranched alkanes of at least 4 members (excludes halogenated alkanes) is 28. The first-order chi connectivity index (χ1) is 26.8. The molecule has 0 aromatic heterocycles. The van der Waals surface area contributed by atoms with E-state index in [4.69, 9.17) is 18.5 Å². The number of carbonyl (C=O) groups is 2. The Balaban J connectivity index is 4.11. The van der Waals surface area contributed by atoms with Gasteiger partial charge in [0, 0.05) is 19.4 Å². The smallest absolute Gasteiger partial charge is 0.462 e. The summed E-state index contributed by atoms with van der Waals surface area (Å²) in [5.41, 5.74) is 0. The number of nitrogens with one attached hydrogen (secondary N) is 1. The third kappa shape index (κ3) is 42.2. The number of allylic oxidation sites excluding steroid dienone is 2. The molecular formula is C45H88NO8P. The third-order valence-corrected chi connectivity index (χ3v) is 11.1. The molecule has 2 N–H and O–H groups in total. The molecule has 0 aromatic rings. The van der Waals surface area contributed by atoms with E-state index >= 15 is 0 Å². The van der Waals surface area contributed by atoms with Gasteiger partial charge in [-0.1, -0.05) is 187 Å². The van der Waals surface area contributed by atoms with Gasteiger partial charge in [-0.25, -0.2) is 4.57 Å². The van der Waals surface area contributed by atoms with Gasteiger partial charge < -0.3 is 19.7 Å². The monoisotopic (exact) mass is 802 g/mol. The van der Waals surface area contributed by atoms with Gasteiger partial charge in [0.15, 0.2) is 6.10 Å². The highest BCUT2D eigenvalue weighted by Gasteiger charge is 2.26. The number of carbonyl (C=O) groups excluding carboxylic acids is 2. The van der Waals surface area contributed by atoms with Gasteiger partial charge in [0.2, 0.25) is 0 Å². The van der Waals surface area contributed by atoms with Gasteiger partial charge in [-0.2, -0.15) is 0 Å². The maximum atomic E-state index is 12.6. The van der Waals surface area contributed by atoms with Crippen molar-refractivity contribution >= 4 is 19.8 Å². The van der Waals surface area contributed by atoms with Crippen LogP contribution in [0.15, 0.2) is 12.2 Å². The quantitative estimate of drug-likeness (QED) is 0.0268. The molecule has 0 aliphatic carbocycles. The molecule has 2 unspecified atom stereocenters. The molecule has 0 amide bonds. The molecule has 0 aliphatic rings. The Hall–Kier alpha value is -1.25. The van der Waals surface area contributed by atoms with Crippen LogP contribution in [0.1, 0.15) is 226 Å². The third-order valence-electron chi connectivity index (χ3n) is 10.1. The summed E-state index contributed by atoms with van der Waals surface area (Å²) in [6, 6.07) is 0. The fourth-order valence-electron chi connectivity index (χ4n) is 6.61. The van der Waals surface area contributed by atoms with Crippen LogP contribution in [0.3, 0.4) is 0 Å². The molecule has 0 radical (unpaired) electrons. The number of ether oxygens (including phenoxy) is 2. The van der Waals surface area contributed by atoms with E-state index in [0.29, 0.717) is 19.4 Å². The minimum absolute atomic E-state index is 0.0136. The van der Waals surface area contributed by atoms with Crippen LogP contribution >= 0.6 is 7.82 Å². The van der Waals surface area contributed by atoms with Gasteiger partial charge >= 0.3 is 19.8 Å². The van der Waals surface area contributed by atoms with Crippen LogP contribution in [0, 0.1) is 0 Å². The van der Waals surface area contributed by atoms with Gasteiger partial charge in [-0.15, -0.1) is 0 Å². The molecule has 0 saturated carbocycles. The molecule has 9 nitrogen and oxygen atoms in total. The summed E-state index contributed by atoms with van der Waals surface area (Å²) < 4.78 is 33.2. The average molecular weight is 802 g/mol. The summed E-state index contributed by atoms with van der Waals surface area (Å²) in [6.45, 7) is 4.25. The van der Waals surface area contributed by atoms with Crippen LogP contribution in [-0.4, -0.2) is 56.3 Å². The second-order valence-corrected chi connectivity index (χ2v) is 17.0. The lowest BCUT2D eigenvalue weighted by Crippen LogP contribution is -2.29. The summed E-state index contributed by atoms with van der Waals surface area (Å²) in [6.07, 6.45) is 42.6. The van der Waals surface area contributed by atoms with Crippen molar-refractivity contribution in [1.82, 2.24) is 5.32 Å². The van der Waals surface area contributed by atoms with Gasteiger partial charge in [0.05, 0.1) is 13.2 Å². The highest BCUT2D eigenvalue weighted by molar-refractivity contribution is 7.47. The molecule has 0 aliphatic heterocycles. The molecule has 0 fully saturated rings. The van der Waals surface area contributed by atoms with Crippen molar-refractivity contribution < 1.29 is 37.6 Å². The maximum absolute atomic E-state index is 12.6. The van der Waals surface area contributed by atoms with E-state index in [0.717, 1.165) is 32.1 Å². The normalized spacial score (nSPS) is 13.3. The first-order valence-electron chi connectivity index (χ1n) is 23.1. The predicted octanol–water partition coefficient (Wildman–Crippen LogP) is 13.3. The Labute approximate surface area is 339 Å². The minimum atomic E-state index is -4.34. The SMILES string of the molecule is CCCCCCCC/C=C\CCCCCCCCCCCCCC(=O)OC(COC(=O)CCCCCCCCCCCCCC)COP(=O)(O)OCCNC. The molecule has 0 heterocycles. The van der Waals surface area contributed by atoms with E-state index in [-0.39, 0.29) is 25.6 Å². The van der Waals surface area contributed by atoms with Gasteiger partial charge in [0.1, 0.15) is 6.61 Å². The van der Waals surface area contributed by atoms with Crippen molar-refractivity contribution in [1.29, 1.82) is 0 Å². The zero-order chi connectivity index (χ0) is 40.3. The fraction of sp³-hybridized carbons (Fsp3) is 0.911. The second kappa shape index (κ2) is 42.4. The fourth-order valence-corrected chi connectivity index (χ4v) is 7.36. The van der Waals surface area contributed by atoms with E-state index < -0.39 is 26.5 Å². The average Bonchev–Trinajstić information content (AvgIpc) is 3.17. The molecule has 55 heavy (non-hydrogen) atoms. The predicted molar refractivity (Wildman–Crippen MR) is 229 cm³/mol. The second-order valence-electron chi connectivity index (χ2n) is 15.6. The summed E-state index contributed by atoms with van der Waals surface area (Å²) >= 11 is 0. The number of esters is 2. The van der Waals surface area contributed by atoms with Gasteiger partial charge in [0.25, 0.3) is 0 Å². The van der Waals surface area contributed by atoms with Crippen molar-refractivity contribution in [3.05, 3.63) is 12.2 Å². The highest BCUT2D eigenvalue weighted by atomic mass is 31.2. The van der Waals surface area contributed by atoms with E-state index in [1.807, 2.05) is 0 Å². The molecule has 2 atom stereocenters. The Bertz CT molecular complexity index is 917. The maximum Gasteiger partial charge on any atom is 0.472 e. The number of likely N-dealkylation sites (N-methyl/N-ethyl adjacent to an activating group) is 1. The number of hydrogen-bond acceptors (Lipinski definition) is 8. The number of hydrogen-bond donors (Lipinski definition) is 2. The van der Waals surface area contributed by atoms with Crippen molar-refractivity contribution in [3.8, 4) is 0 Å². The summed E-state index contributed by atoms with van der Waals surface area (Å²) in [5.74, 6) is -0.796.